The number of rotatable bonds is 5. The summed E-state index contributed by atoms with van der Waals surface area (Å²) in [5, 5.41) is 0. The Labute approximate surface area is 92.5 Å². The maximum absolute atomic E-state index is 11.1. The van der Waals surface area contributed by atoms with E-state index in [0.717, 1.165) is 0 Å². The van der Waals surface area contributed by atoms with Crippen LogP contribution in [-0.4, -0.2) is 18.9 Å². The van der Waals surface area contributed by atoms with Crippen molar-refractivity contribution in [3.8, 4) is 0 Å². The molecule has 0 rings (SSSR count). The first kappa shape index (κ1) is 14.0. The molecule has 0 fully saturated rings. The third kappa shape index (κ3) is 7.00. The molecular formula is C12H22O3. The van der Waals surface area contributed by atoms with Crippen molar-refractivity contribution < 1.29 is 14.3 Å². The highest BCUT2D eigenvalue weighted by Gasteiger charge is 2.15. The fourth-order valence-corrected chi connectivity index (χ4v) is 0.992. The average molecular weight is 214 g/mol. The number of ether oxygens (including phenoxy) is 2. The highest BCUT2D eigenvalue weighted by Crippen LogP contribution is 2.11. The molecular weight excluding hydrogens is 192 g/mol. The summed E-state index contributed by atoms with van der Waals surface area (Å²) in [5.74, 6) is 0.710. The Balaban J connectivity index is 4.22. The number of hydrogen-bond acceptors (Lipinski definition) is 3. The van der Waals surface area contributed by atoms with Crippen LogP contribution < -0.4 is 0 Å². The van der Waals surface area contributed by atoms with Gasteiger partial charge in [0.1, 0.15) is 6.10 Å². The Morgan fingerprint density at radius 3 is 2.20 bits per heavy atom. The summed E-state index contributed by atoms with van der Waals surface area (Å²) < 4.78 is 9.89. The minimum atomic E-state index is -0.593. The van der Waals surface area contributed by atoms with Crippen LogP contribution in [0.2, 0.25) is 0 Å². The van der Waals surface area contributed by atoms with Gasteiger partial charge in [0.15, 0.2) is 0 Å². The largest absolute Gasteiger partial charge is 0.508 e. The maximum Gasteiger partial charge on any atom is 0.508 e. The van der Waals surface area contributed by atoms with Crippen molar-refractivity contribution in [1.82, 2.24) is 0 Å². The number of allylic oxidation sites excluding steroid dienone is 1. The third-order valence-electron chi connectivity index (χ3n) is 1.84. The molecule has 1 unspecified atom stereocenters. The van der Waals surface area contributed by atoms with Gasteiger partial charge in [-0.25, -0.2) is 4.79 Å². The zero-order valence-electron chi connectivity index (χ0n) is 10.3. The van der Waals surface area contributed by atoms with Gasteiger partial charge in [-0.15, -0.1) is 0 Å². The Bertz CT molecular complexity index is 207. The van der Waals surface area contributed by atoms with E-state index in [1.165, 1.54) is 0 Å². The van der Waals surface area contributed by atoms with E-state index in [2.05, 4.69) is 13.8 Å². The molecule has 0 aliphatic rings. The molecule has 0 aromatic rings. The summed E-state index contributed by atoms with van der Waals surface area (Å²) in [6.07, 6.45) is 3.16. The van der Waals surface area contributed by atoms with Gasteiger partial charge in [-0.05, 0) is 24.8 Å². The van der Waals surface area contributed by atoms with Crippen LogP contribution in [0.1, 0.15) is 34.6 Å². The molecule has 0 aliphatic carbocycles. The van der Waals surface area contributed by atoms with E-state index in [-0.39, 0.29) is 12.0 Å². The second kappa shape index (κ2) is 7.32. The first-order valence-corrected chi connectivity index (χ1v) is 5.49. The molecule has 0 amide bonds. The minimum absolute atomic E-state index is 0.202. The van der Waals surface area contributed by atoms with E-state index in [1.807, 2.05) is 26.0 Å². The summed E-state index contributed by atoms with van der Waals surface area (Å²) in [5.41, 5.74) is 0. The van der Waals surface area contributed by atoms with Gasteiger partial charge in [0.05, 0.1) is 6.61 Å². The lowest BCUT2D eigenvalue weighted by Gasteiger charge is -2.17. The summed E-state index contributed by atoms with van der Waals surface area (Å²) in [6, 6.07) is 0. The third-order valence-corrected chi connectivity index (χ3v) is 1.84. The van der Waals surface area contributed by atoms with Gasteiger partial charge in [0, 0.05) is 0 Å². The van der Waals surface area contributed by atoms with Gasteiger partial charge in [0.2, 0.25) is 0 Å². The monoisotopic (exact) mass is 214 g/mol. The molecule has 15 heavy (non-hydrogen) atoms. The van der Waals surface area contributed by atoms with Crippen molar-refractivity contribution in [3.63, 3.8) is 0 Å². The van der Waals surface area contributed by atoms with E-state index >= 15 is 0 Å². The molecule has 0 aromatic heterocycles. The summed E-state index contributed by atoms with van der Waals surface area (Å²) in [4.78, 5) is 11.1. The Morgan fingerprint density at radius 2 is 1.80 bits per heavy atom. The zero-order chi connectivity index (χ0) is 11.8. The molecule has 3 nitrogen and oxygen atoms in total. The van der Waals surface area contributed by atoms with Crippen LogP contribution in [0.25, 0.3) is 0 Å². The molecule has 0 aromatic carbocycles. The van der Waals surface area contributed by atoms with Gasteiger partial charge in [-0.3, -0.25) is 0 Å². The van der Waals surface area contributed by atoms with Gasteiger partial charge in [-0.2, -0.15) is 0 Å². The molecule has 0 N–H and O–H groups in total. The Morgan fingerprint density at radius 1 is 1.20 bits per heavy atom. The zero-order valence-corrected chi connectivity index (χ0v) is 10.3. The van der Waals surface area contributed by atoms with Crippen molar-refractivity contribution in [2.45, 2.75) is 40.7 Å². The molecule has 0 bridgehead atoms. The van der Waals surface area contributed by atoms with E-state index in [9.17, 15) is 4.79 Å². The van der Waals surface area contributed by atoms with Gasteiger partial charge in [0.25, 0.3) is 0 Å². The lowest BCUT2D eigenvalue weighted by Crippen LogP contribution is -2.22. The quantitative estimate of drug-likeness (QED) is 0.519. The van der Waals surface area contributed by atoms with Crippen LogP contribution in [-0.2, 0) is 9.47 Å². The summed E-state index contributed by atoms with van der Waals surface area (Å²) in [7, 11) is 0. The topological polar surface area (TPSA) is 35.5 Å². The van der Waals surface area contributed by atoms with Crippen molar-refractivity contribution in [1.29, 1.82) is 0 Å². The average Bonchev–Trinajstić information content (AvgIpc) is 2.11. The highest BCUT2D eigenvalue weighted by atomic mass is 16.7. The van der Waals surface area contributed by atoms with Crippen LogP contribution in [0.15, 0.2) is 12.2 Å². The summed E-state index contributed by atoms with van der Waals surface area (Å²) in [6.45, 7) is 10.3. The van der Waals surface area contributed by atoms with Crippen molar-refractivity contribution in [3.05, 3.63) is 12.2 Å². The lowest BCUT2D eigenvalue weighted by molar-refractivity contribution is 0.0273. The first-order valence-electron chi connectivity index (χ1n) is 5.49. The fourth-order valence-electron chi connectivity index (χ4n) is 0.992. The molecule has 3 heteroatoms. The van der Waals surface area contributed by atoms with Crippen molar-refractivity contribution >= 4 is 6.16 Å². The minimum Gasteiger partial charge on any atom is -0.435 e. The Hall–Kier alpha value is -0.990. The van der Waals surface area contributed by atoms with E-state index in [4.69, 9.17) is 9.47 Å². The van der Waals surface area contributed by atoms with E-state index < -0.39 is 6.16 Å². The van der Waals surface area contributed by atoms with E-state index in [0.29, 0.717) is 12.5 Å². The number of hydrogen-bond donors (Lipinski definition) is 0. The first-order chi connectivity index (χ1) is 6.97. The fraction of sp³-hybridized carbons (Fsp3) is 0.750. The highest BCUT2D eigenvalue weighted by molar-refractivity contribution is 5.60. The van der Waals surface area contributed by atoms with Crippen LogP contribution in [0.3, 0.4) is 0 Å². The van der Waals surface area contributed by atoms with Crippen molar-refractivity contribution in [2.75, 3.05) is 6.61 Å². The molecule has 0 saturated heterocycles. The number of carbonyl (C=O) groups excluding carboxylic acids is 1. The summed E-state index contributed by atoms with van der Waals surface area (Å²) >= 11 is 0. The standard InChI is InChI=1S/C12H22O3/c1-6-14-12(13)15-11(10(4)5)8-7-9(2)3/h7-11H,6H2,1-5H3/b8-7+. The second-order valence-electron chi connectivity index (χ2n) is 4.14. The predicted molar refractivity (Wildman–Crippen MR) is 60.7 cm³/mol. The molecule has 0 spiro atoms. The van der Waals surface area contributed by atoms with Gasteiger partial charge in [-0.1, -0.05) is 33.8 Å². The normalized spacial score (nSPS) is 13.5. The second-order valence-corrected chi connectivity index (χ2v) is 4.14. The lowest BCUT2D eigenvalue weighted by atomic mass is 10.1. The molecule has 88 valence electrons. The number of carbonyl (C=O) groups is 1. The predicted octanol–water partition coefficient (Wildman–Crippen LogP) is 3.40. The molecule has 0 radical (unpaired) electrons. The molecule has 1 atom stereocenters. The van der Waals surface area contributed by atoms with Crippen LogP contribution in [0, 0.1) is 11.8 Å². The SMILES string of the molecule is CCOC(=O)OC(/C=C/C(C)C)C(C)C. The maximum atomic E-state index is 11.1. The van der Waals surface area contributed by atoms with Crippen LogP contribution in [0.5, 0.6) is 0 Å². The van der Waals surface area contributed by atoms with Crippen LogP contribution in [0.4, 0.5) is 4.79 Å². The van der Waals surface area contributed by atoms with Crippen molar-refractivity contribution in [2.24, 2.45) is 11.8 Å². The molecule has 0 heterocycles. The van der Waals surface area contributed by atoms with E-state index in [1.54, 1.807) is 6.92 Å². The van der Waals surface area contributed by atoms with Gasteiger partial charge >= 0.3 is 6.16 Å². The molecule has 0 saturated carbocycles. The van der Waals surface area contributed by atoms with Gasteiger partial charge < -0.3 is 9.47 Å². The molecule has 0 aliphatic heterocycles. The Kier molecular flexibility index (Phi) is 6.84. The van der Waals surface area contributed by atoms with Crippen LogP contribution >= 0.6 is 0 Å². The smallest absolute Gasteiger partial charge is 0.435 e.